The van der Waals surface area contributed by atoms with Gasteiger partial charge in [-0.3, -0.25) is 9.58 Å². The Balaban J connectivity index is 1.95. The minimum absolute atomic E-state index is 0.0604. The van der Waals surface area contributed by atoms with E-state index in [1.165, 1.54) is 22.5 Å². The number of nitrogens with zero attached hydrogens (tertiary/aromatic N) is 4. The number of aryl methyl sites for hydroxylation is 1. The highest BCUT2D eigenvalue weighted by molar-refractivity contribution is 5.56. The second-order valence-electron chi connectivity index (χ2n) is 10.4. The lowest BCUT2D eigenvalue weighted by Gasteiger charge is -2.42. The molecular weight excluding hydrogens is 360 g/mol. The minimum atomic E-state index is 0.0604. The number of piperazine rings is 1. The molecule has 0 saturated carbocycles. The largest absolute Gasteiger partial charge is 0.496 e. The van der Waals surface area contributed by atoms with Crippen molar-refractivity contribution in [1.29, 1.82) is 0 Å². The average molecular weight is 399 g/mol. The van der Waals surface area contributed by atoms with Crippen molar-refractivity contribution in [3.05, 3.63) is 41.2 Å². The number of ether oxygens (including phenoxy) is 1. The normalized spacial score (nSPS) is 18.9. The first-order valence-corrected chi connectivity index (χ1v) is 10.6. The van der Waals surface area contributed by atoms with Crippen LogP contribution in [0.1, 0.15) is 64.4 Å². The van der Waals surface area contributed by atoms with Gasteiger partial charge in [0, 0.05) is 44.0 Å². The van der Waals surface area contributed by atoms with Gasteiger partial charge in [-0.2, -0.15) is 5.10 Å². The number of aromatic nitrogens is 2. The van der Waals surface area contributed by atoms with Crippen LogP contribution in [0.5, 0.6) is 5.75 Å². The van der Waals surface area contributed by atoms with Crippen molar-refractivity contribution in [1.82, 2.24) is 14.7 Å². The predicted octanol–water partition coefficient (Wildman–Crippen LogP) is 4.52. The molecule has 1 aromatic carbocycles. The van der Waals surface area contributed by atoms with Crippen molar-refractivity contribution in [2.75, 3.05) is 38.7 Å². The molecule has 0 spiro atoms. The Morgan fingerprint density at radius 1 is 0.966 bits per heavy atom. The number of rotatable bonds is 3. The van der Waals surface area contributed by atoms with Crippen LogP contribution in [0.15, 0.2) is 24.4 Å². The van der Waals surface area contributed by atoms with E-state index >= 15 is 0 Å². The van der Waals surface area contributed by atoms with Gasteiger partial charge < -0.3 is 9.64 Å². The summed E-state index contributed by atoms with van der Waals surface area (Å²) in [5.74, 6) is 0.974. The molecule has 2 heterocycles. The molecule has 1 aliphatic heterocycles. The first-order chi connectivity index (χ1) is 13.4. The molecule has 1 saturated heterocycles. The average Bonchev–Trinajstić information content (AvgIpc) is 3.02. The second kappa shape index (κ2) is 7.67. The second-order valence-corrected chi connectivity index (χ2v) is 10.4. The highest BCUT2D eigenvalue weighted by Gasteiger charge is 2.33. The molecule has 1 atom stereocenters. The zero-order chi connectivity index (χ0) is 21.6. The molecule has 0 amide bonds. The summed E-state index contributed by atoms with van der Waals surface area (Å²) < 4.78 is 7.82. The Bertz CT molecular complexity index is 857. The first-order valence-electron chi connectivity index (χ1n) is 10.6. The Morgan fingerprint density at radius 2 is 1.62 bits per heavy atom. The maximum Gasteiger partial charge on any atom is 0.124 e. The van der Waals surface area contributed by atoms with Crippen LogP contribution in [0.2, 0.25) is 0 Å². The van der Waals surface area contributed by atoms with Crippen LogP contribution < -0.4 is 9.64 Å². The predicted molar refractivity (Wildman–Crippen MR) is 121 cm³/mol. The van der Waals surface area contributed by atoms with Crippen LogP contribution in [0.25, 0.3) is 0 Å². The SMILES string of the molecule is COc1cc(N2CCN(C)C(c3c(C(C)(C)C)cnn3C)C2)ccc1C(C)(C)C. The number of anilines is 1. The Morgan fingerprint density at radius 3 is 2.21 bits per heavy atom. The molecule has 1 fully saturated rings. The zero-order valence-corrected chi connectivity index (χ0v) is 19.7. The topological polar surface area (TPSA) is 33.5 Å². The van der Waals surface area contributed by atoms with Crippen LogP contribution in [0.4, 0.5) is 5.69 Å². The van der Waals surface area contributed by atoms with Gasteiger partial charge in [-0.05, 0) is 29.5 Å². The molecule has 5 heteroatoms. The number of likely N-dealkylation sites (N-methyl/N-ethyl adjacent to an activating group) is 1. The molecule has 29 heavy (non-hydrogen) atoms. The van der Waals surface area contributed by atoms with Crippen LogP contribution in [0.3, 0.4) is 0 Å². The molecule has 0 radical (unpaired) electrons. The molecule has 1 aliphatic rings. The summed E-state index contributed by atoms with van der Waals surface area (Å²) in [5, 5.41) is 4.61. The zero-order valence-electron chi connectivity index (χ0n) is 19.7. The van der Waals surface area contributed by atoms with Gasteiger partial charge in [0.15, 0.2) is 0 Å². The molecular formula is C24H38N4O. The van der Waals surface area contributed by atoms with Crippen LogP contribution in [0, 0.1) is 0 Å². The van der Waals surface area contributed by atoms with Gasteiger partial charge in [0.2, 0.25) is 0 Å². The van der Waals surface area contributed by atoms with E-state index in [9.17, 15) is 0 Å². The third-order valence-electron chi connectivity index (χ3n) is 6.11. The monoisotopic (exact) mass is 398 g/mol. The fraction of sp³-hybridized carbons (Fsp3) is 0.625. The van der Waals surface area contributed by atoms with Gasteiger partial charge in [-0.25, -0.2) is 0 Å². The van der Waals surface area contributed by atoms with Gasteiger partial charge >= 0.3 is 0 Å². The van der Waals surface area contributed by atoms with Gasteiger partial charge in [-0.1, -0.05) is 47.6 Å². The Labute approximate surface area is 176 Å². The van der Waals surface area contributed by atoms with Crippen molar-refractivity contribution in [2.24, 2.45) is 7.05 Å². The van der Waals surface area contributed by atoms with Crippen molar-refractivity contribution >= 4 is 5.69 Å². The van der Waals surface area contributed by atoms with E-state index in [1.807, 2.05) is 6.20 Å². The molecule has 1 unspecified atom stereocenters. The van der Waals surface area contributed by atoms with Gasteiger partial charge in [-0.15, -0.1) is 0 Å². The lowest BCUT2D eigenvalue weighted by atomic mass is 9.85. The molecule has 0 bridgehead atoms. The summed E-state index contributed by atoms with van der Waals surface area (Å²) in [6.45, 7) is 16.5. The van der Waals surface area contributed by atoms with E-state index in [0.29, 0.717) is 6.04 Å². The van der Waals surface area contributed by atoms with E-state index < -0.39 is 0 Å². The van der Waals surface area contributed by atoms with Crippen LogP contribution in [-0.4, -0.2) is 48.5 Å². The van der Waals surface area contributed by atoms with E-state index in [1.54, 1.807) is 7.11 Å². The van der Waals surface area contributed by atoms with Gasteiger partial charge in [0.05, 0.1) is 25.0 Å². The minimum Gasteiger partial charge on any atom is -0.496 e. The Kier molecular flexibility index (Phi) is 5.74. The van der Waals surface area contributed by atoms with Crippen molar-refractivity contribution < 1.29 is 4.74 Å². The quantitative estimate of drug-likeness (QED) is 0.761. The van der Waals surface area contributed by atoms with Crippen molar-refractivity contribution in [2.45, 2.75) is 58.4 Å². The summed E-state index contributed by atoms with van der Waals surface area (Å²) in [5.41, 5.74) is 5.26. The maximum absolute atomic E-state index is 5.76. The standard InChI is InChI=1S/C24H38N4O/c1-23(2,3)18-11-10-17(14-21(18)29-9)28-13-12-26(7)20(16-28)22-19(24(4,5)6)15-25-27(22)8/h10-11,14-15,20H,12-13,16H2,1-9H3. The molecule has 0 N–H and O–H groups in total. The van der Waals surface area contributed by atoms with Crippen LogP contribution >= 0.6 is 0 Å². The molecule has 1 aromatic heterocycles. The molecule has 3 rings (SSSR count). The third-order valence-corrected chi connectivity index (χ3v) is 6.11. The summed E-state index contributed by atoms with van der Waals surface area (Å²) in [4.78, 5) is 4.95. The number of methoxy groups -OCH3 is 1. The molecule has 0 aliphatic carbocycles. The van der Waals surface area contributed by atoms with E-state index in [2.05, 4.69) is 93.4 Å². The number of benzene rings is 1. The van der Waals surface area contributed by atoms with Crippen molar-refractivity contribution in [3.8, 4) is 5.75 Å². The van der Waals surface area contributed by atoms with Crippen LogP contribution in [-0.2, 0) is 17.9 Å². The fourth-order valence-electron chi connectivity index (χ4n) is 4.32. The lowest BCUT2D eigenvalue weighted by Crippen LogP contribution is -2.47. The van der Waals surface area contributed by atoms with Gasteiger partial charge in [0.1, 0.15) is 5.75 Å². The van der Waals surface area contributed by atoms with E-state index in [-0.39, 0.29) is 10.8 Å². The third kappa shape index (κ3) is 4.30. The highest BCUT2D eigenvalue weighted by Crippen LogP contribution is 2.37. The van der Waals surface area contributed by atoms with E-state index in [4.69, 9.17) is 4.74 Å². The summed E-state index contributed by atoms with van der Waals surface area (Å²) in [7, 11) is 6.07. The summed E-state index contributed by atoms with van der Waals surface area (Å²) in [6.07, 6.45) is 2.04. The first kappa shape index (κ1) is 21.7. The highest BCUT2D eigenvalue weighted by atomic mass is 16.5. The van der Waals surface area contributed by atoms with Crippen molar-refractivity contribution in [3.63, 3.8) is 0 Å². The van der Waals surface area contributed by atoms with Gasteiger partial charge in [0.25, 0.3) is 0 Å². The molecule has 5 nitrogen and oxygen atoms in total. The molecule has 2 aromatic rings. The Hall–Kier alpha value is -2.01. The summed E-state index contributed by atoms with van der Waals surface area (Å²) in [6, 6.07) is 6.99. The smallest absolute Gasteiger partial charge is 0.124 e. The van der Waals surface area contributed by atoms with E-state index in [0.717, 1.165) is 25.4 Å². The lowest BCUT2D eigenvalue weighted by molar-refractivity contribution is 0.210. The number of hydrogen-bond acceptors (Lipinski definition) is 4. The summed E-state index contributed by atoms with van der Waals surface area (Å²) >= 11 is 0. The maximum atomic E-state index is 5.76. The fourth-order valence-corrected chi connectivity index (χ4v) is 4.32. The number of hydrogen-bond donors (Lipinski definition) is 0. The molecule has 160 valence electrons.